The maximum atomic E-state index is 12.0. The first-order valence-corrected chi connectivity index (χ1v) is 11.6. The molecule has 0 aromatic heterocycles. The third-order valence-electron chi connectivity index (χ3n) is 6.67. The summed E-state index contributed by atoms with van der Waals surface area (Å²) in [6.45, 7) is 2.17. The van der Waals surface area contributed by atoms with Crippen molar-refractivity contribution in [1.29, 1.82) is 0 Å². The molecule has 0 aromatic rings. The van der Waals surface area contributed by atoms with Gasteiger partial charge in [-0.15, -0.1) is 23.2 Å². The van der Waals surface area contributed by atoms with Crippen LogP contribution in [0.4, 0.5) is 0 Å². The molecule has 0 bridgehead atoms. The van der Waals surface area contributed by atoms with Crippen molar-refractivity contribution in [2.75, 3.05) is 27.2 Å². The standard InChI is InChI=1S/C17H30Cl2N2O2S/c1-20-24(22,23)13-5-3-11(4-6-13)15-9-21(2)10-16-14(15)7-12(18)8-17(16)19/h11-17,20H,3-10H2,1-2H3/t11?,12?,13?,14?,15-,16?,17?/m0/s1. The number of nitrogens with zero attached hydrogens (tertiary/aromatic N) is 1. The third-order valence-corrected chi connectivity index (χ3v) is 9.44. The van der Waals surface area contributed by atoms with E-state index in [1.807, 2.05) is 0 Å². The molecular formula is C17H30Cl2N2O2S. The lowest BCUT2D eigenvalue weighted by molar-refractivity contribution is 0.0108. The van der Waals surface area contributed by atoms with Crippen molar-refractivity contribution in [1.82, 2.24) is 9.62 Å². The number of sulfonamides is 1. The SMILES string of the molecule is CNS(=O)(=O)C1CCC([C@@H]2CN(C)CC3C(Cl)CC(Cl)CC32)CC1. The van der Waals surface area contributed by atoms with Crippen LogP contribution in [0.1, 0.15) is 38.5 Å². The van der Waals surface area contributed by atoms with E-state index < -0.39 is 10.0 Å². The molecule has 3 aliphatic rings. The van der Waals surface area contributed by atoms with Crippen molar-refractivity contribution >= 4 is 33.2 Å². The quantitative estimate of drug-likeness (QED) is 0.745. The second kappa shape index (κ2) is 7.59. The first-order chi connectivity index (χ1) is 11.3. The number of fused-ring (bicyclic) bond motifs is 1. The fraction of sp³-hybridized carbons (Fsp3) is 1.00. The molecule has 3 fully saturated rings. The van der Waals surface area contributed by atoms with E-state index in [1.54, 1.807) is 0 Å². The Bertz CT molecular complexity index is 537. The Morgan fingerprint density at radius 1 is 0.958 bits per heavy atom. The Morgan fingerprint density at radius 2 is 1.58 bits per heavy atom. The van der Waals surface area contributed by atoms with Gasteiger partial charge in [-0.05, 0) is 76.3 Å². The molecule has 4 unspecified atom stereocenters. The minimum atomic E-state index is -3.13. The molecule has 0 radical (unpaired) electrons. The molecule has 4 nitrogen and oxygen atoms in total. The van der Waals surface area contributed by atoms with Crippen LogP contribution in [0.5, 0.6) is 0 Å². The number of likely N-dealkylation sites (tertiary alicyclic amines) is 1. The van der Waals surface area contributed by atoms with Crippen molar-refractivity contribution in [3.63, 3.8) is 0 Å². The first-order valence-electron chi connectivity index (χ1n) is 9.21. The maximum absolute atomic E-state index is 12.0. The van der Waals surface area contributed by atoms with Crippen LogP contribution in [0.2, 0.25) is 0 Å². The summed E-state index contributed by atoms with van der Waals surface area (Å²) < 4.78 is 26.6. The van der Waals surface area contributed by atoms with Gasteiger partial charge in [0.2, 0.25) is 10.0 Å². The Kier molecular flexibility index (Phi) is 6.08. The van der Waals surface area contributed by atoms with Crippen LogP contribution in [-0.2, 0) is 10.0 Å². The van der Waals surface area contributed by atoms with E-state index in [0.29, 0.717) is 23.7 Å². The fourth-order valence-corrected chi connectivity index (χ4v) is 7.61. The van der Waals surface area contributed by atoms with Crippen LogP contribution in [0.15, 0.2) is 0 Å². The number of alkyl halides is 2. The average molecular weight is 397 g/mol. The maximum Gasteiger partial charge on any atom is 0.214 e. The normalized spacial score (nSPS) is 44.9. The molecule has 1 N–H and O–H groups in total. The molecule has 7 heteroatoms. The molecule has 2 aliphatic carbocycles. The van der Waals surface area contributed by atoms with E-state index in [0.717, 1.165) is 51.6 Å². The minimum Gasteiger partial charge on any atom is -0.306 e. The Labute approximate surface area is 156 Å². The number of piperidine rings is 1. The highest BCUT2D eigenvalue weighted by molar-refractivity contribution is 7.90. The van der Waals surface area contributed by atoms with Gasteiger partial charge in [0.05, 0.1) is 5.25 Å². The second-order valence-electron chi connectivity index (χ2n) is 8.08. The molecule has 140 valence electrons. The molecule has 5 atom stereocenters. The van der Waals surface area contributed by atoms with Gasteiger partial charge in [-0.1, -0.05) is 0 Å². The van der Waals surface area contributed by atoms with Crippen molar-refractivity contribution in [2.45, 2.75) is 54.5 Å². The van der Waals surface area contributed by atoms with E-state index in [2.05, 4.69) is 16.7 Å². The molecule has 0 amide bonds. The topological polar surface area (TPSA) is 49.4 Å². The van der Waals surface area contributed by atoms with E-state index in [-0.39, 0.29) is 16.0 Å². The molecule has 0 aromatic carbocycles. The summed E-state index contributed by atoms with van der Waals surface area (Å²) in [6, 6.07) is 0. The highest BCUT2D eigenvalue weighted by Crippen LogP contribution is 2.48. The lowest BCUT2D eigenvalue weighted by Crippen LogP contribution is -2.53. The number of halogens is 2. The Hall–Kier alpha value is 0.450. The summed E-state index contributed by atoms with van der Waals surface area (Å²) in [5.41, 5.74) is 0. The number of rotatable bonds is 3. The van der Waals surface area contributed by atoms with Gasteiger partial charge in [0.1, 0.15) is 0 Å². The van der Waals surface area contributed by atoms with Crippen LogP contribution < -0.4 is 4.72 Å². The van der Waals surface area contributed by atoms with Gasteiger partial charge in [0, 0.05) is 23.8 Å². The predicted molar refractivity (Wildman–Crippen MR) is 100 cm³/mol. The van der Waals surface area contributed by atoms with E-state index in [1.165, 1.54) is 7.05 Å². The van der Waals surface area contributed by atoms with Gasteiger partial charge in [0.15, 0.2) is 0 Å². The highest BCUT2D eigenvalue weighted by Gasteiger charge is 2.47. The summed E-state index contributed by atoms with van der Waals surface area (Å²) in [7, 11) is 0.581. The van der Waals surface area contributed by atoms with Gasteiger partial charge < -0.3 is 4.90 Å². The predicted octanol–water partition coefficient (Wildman–Crippen LogP) is 2.90. The van der Waals surface area contributed by atoms with Gasteiger partial charge in [-0.3, -0.25) is 0 Å². The van der Waals surface area contributed by atoms with Crippen LogP contribution in [-0.4, -0.2) is 56.5 Å². The summed E-state index contributed by atoms with van der Waals surface area (Å²) in [5, 5.41) is 0.155. The van der Waals surface area contributed by atoms with Crippen molar-refractivity contribution < 1.29 is 8.42 Å². The molecule has 0 spiro atoms. The molecule has 1 heterocycles. The van der Waals surface area contributed by atoms with Gasteiger partial charge in [-0.25, -0.2) is 13.1 Å². The van der Waals surface area contributed by atoms with Gasteiger partial charge in [0.25, 0.3) is 0 Å². The minimum absolute atomic E-state index is 0.178. The molecular weight excluding hydrogens is 367 g/mol. The number of nitrogens with one attached hydrogen (secondary N) is 1. The highest BCUT2D eigenvalue weighted by atomic mass is 35.5. The Balaban J connectivity index is 1.69. The molecule has 2 saturated carbocycles. The van der Waals surface area contributed by atoms with Crippen LogP contribution in [0.3, 0.4) is 0 Å². The van der Waals surface area contributed by atoms with Crippen molar-refractivity contribution in [2.24, 2.45) is 23.7 Å². The van der Waals surface area contributed by atoms with Gasteiger partial charge in [-0.2, -0.15) is 0 Å². The second-order valence-corrected chi connectivity index (χ2v) is 11.4. The van der Waals surface area contributed by atoms with E-state index in [9.17, 15) is 8.42 Å². The zero-order valence-electron chi connectivity index (χ0n) is 14.6. The first kappa shape index (κ1) is 19.2. The lowest BCUT2D eigenvalue weighted by Gasteiger charge is -2.51. The average Bonchev–Trinajstić information content (AvgIpc) is 2.55. The summed E-state index contributed by atoms with van der Waals surface area (Å²) in [5.74, 6) is 2.34. The number of hydrogen-bond donors (Lipinski definition) is 1. The molecule has 3 rings (SSSR count). The molecule has 24 heavy (non-hydrogen) atoms. The molecule has 1 saturated heterocycles. The van der Waals surface area contributed by atoms with Crippen LogP contribution in [0, 0.1) is 23.7 Å². The van der Waals surface area contributed by atoms with Crippen LogP contribution >= 0.6 is 23.2 Å². The lowest BCUT2D eigenvalue weighted by atomic mass is 9.63. The zero-order valence-corrected chi connectivity index (χ0v) is 17.0. The third kappa shape index (κ3) is 3.90. The Morgan fingerprint density at radius 3 is 2.21 bits per heavy atom. The zero-order chi connectivity index (χ0) is 17.5. The number of hydrogen-bond acceptors (Lipinski definition) is 3. The largest absolute Gasteiger partial charge is 0.306 e. The summed E-state index contributed by atoms with van der Waals surface area (Å²) in [6.07, 6.45) is 5.56. The summed E-state index contributed by atoms with van der Waals surface area (Å²) >= 11 is 13.1. The van der Waals surface area contributed by atoms with E-state index >= 15 is 0 Å². The van der Waals surface area contributed by atoms with Gasteiger partial charge >= 0.3 is 0 Å². The smallest absolute Gasteiger partial charge is 0.214 e. The van der Waals surface area contributed by atoms with E-state index in [4.69, 9.17) is 23.2 Å². The van der Waals surface area contributed by atoms with Crippen molar-refractivity contribution in [3.05, 3.63) is 0 Å². The van der Waals surface area contributed by atoms with Crippen molar-refractivity contribution in [3.8, 4) is 0 Å². The fourth-order valence-electron chi connectivity index (χ4n) is 5.42. The monoisotopic (exact) mass is 396 g/mol. The summed E-state index contributed by atoms with van der Waals surface area (Å²) in [4.78, 5) is 2.42. The molecule has 1 aliphatic heterocycles. The van der Waals surface area contributed by atoms with Crippen LogP contribution in [0.25, 0.3) is 0 Å².